The summed E-state index contributed by atoms with van der Waals surface area (Å²) in [5.74, 6) is -0.00477. The van der Waals surface area contributed by atoms with Crippen molar-refractivity contribution < 1.29 is 23.8 Å². The Labute approximate surface area is 231 Å². The highest BCUT2D eigenvalue weighted by molar-refractivity contribution is 5.97. The van der Waals surface area contributed by atoms with Crippen molar-refractivity contribution in [2.45, 2.75) is 24.9 Å². The number of rotatable bonds is 9. The number of carbonyl (C=O) groups excluding carboxylic acids is 1. The minimum absolute atomic E-state index is 0.0224. The van der Waals surface area contributed by atoms with E-state index in [9.17, 15) is 14.3 Å². The number of nitrogens with zero attached hydrogens (tertiary/aromatic N) is 4. The zero-order valence-corrected chi connectivity index (χ0v) is 22.3. The molecule has 0 bridgehead atoms. The van der Waals surface area contributed by atoms with E-state index in [0.717, 1.165) is 22.4 Å². The van der Waals surface area contributed by atoms with E-state index in [0.29, 0.717) is 18.8 Å². The number of ether oxygens (including phenoxy) is 2. The van der Waals surface area contributed by atoms with Gasteiger partial charge in [-0.1, -0.05) is 18.2 Å². The lowest BCUT2D eigenvalue weighted by Gasteiger charge is -2.28. The molecular formula is C30H30FN5O4. The Hall–Kier alpha value is -4.41. The van der Waals surface area contributed by atoms with Gasteiger partial charge in [0.2, 0.25) is 5.88 Å². The number of methoxy groups -OCH3 is 2. The summed E-state index contributed by atoms with van der Waals surface area (Å²) >= 11 is 0. The topological polar surface area (TPSA) is 124 Å². The molecule has 206 valence electrons. The van der Waals surface area contributed by atoms with Crippen LogP contribution in [-0.2, 0) is 6.42 Å². The fourth-order valence-electron chi connectivity index (χ4n) is 5.13. The lowest BCUT2D eigenvalue weighted by Crippen LogP contribution is -2.34. The number of aromatic nitrogens is 3. The van der Waals surface area contributed by atoms with Crippen LogP contribution in [-0.4, -0.2) is 65.3 Å². The molecule has 0 aliphatic carbocycles. The van der Waals surface area contributed by atoms with Crippen LogP contribution >= 0.6 is 0 Å². The molecule has 1 saturated heterocycles. The van der Waals surface area contributed by atoms with Gasteiger partial charge in [0.1, 0.15) is 17.3 Å². The number of hydrogen-bond acceptors (Lipinski definition) is 9. The van der Waals surface area contributed by atoms with E-state index < -0.39 is 5.82 Å². The second-order valence-corrected chi connectivity index (χ2v) is 9.57. The van der Waals surface area contributed by atoms with E-state index in [1.807, 2.05) is 30.3 Å². The second-order valence-electron chi connectivity index (χ2n) is 9.57. The van der Waals surface area contributed by atoms with Gasteiger partial charge in [0.25, 0.3) is 0 Å². The summed E-state index contributed by atoms with van der Waals surface area (Å²) in [5, 5.41) is 10.1. The van der Waals surface area contributed by atoms with Gasteiger partial charge in [-0.05, 0) is 53.9 Å². The molecule has 1 fully saturated rings. The molecule has 4 aromatic rings. The van der Waals surface area contributed by atoms with E-state index in [1.165, 1.54) is 31.5 Å². The summed E-state index contributed by atoms with van der Waals surface area (Å²) in [6, 6.07) is 15.1. The van der Waals surface area contributed by atoms with Gasteiger partial charge in [-0.15, -0.1) is 0 Å². The quantitative estimate of drug-likeness (QED) is 0.304. The minimum Gasteiger partial charge on any atom is -0.496 e. The number of anilines is 1. The Kier molecular flexibility index (Phi) is 7.99. The van der Waals surface area contributed by atoms with Crippen LogP contribution in [0.25, 0.3) is 22.5 Å². The predicted molar refractivity (Wildman–Crippen MR) is 149 cm³/mol. The molecular weight excluding hydrogens is 513 g/mol. The Morgan fingerprint density at radius 2 is 1.95 bits per heavy atom. The number of aliphatic hydroxyl groups excluding tert-OH is 1. The average Bonchev–Trinajstić information content (AvgIpc) is 3.37. The van der Waals surface area contributed by atoms with Crippen molar-refractivity contribution in [3.63, 3.8) is 0 Å². The first kappa shape index (κ1) is 27.2. The molecule has 0 spiro atoms. The maximum Gasteiger partial charge on any atom is 0.221 e. The van der Waals surface area contributed by atoms with Crippen LogP contribution in [0.4, 0.5) is 10.1 Å². The van der Waals surface area contributed by atoms with Crippen LogP contribution in [0.2, 0.25) is 0 Å². The Bertz CT molecular complexity index is 1530. The molecule has 9 nitrogen and oxygen atoms in total. The molecule has 0 amide bonds. The molecule has 1 aliphatic heterocycles. The number of aliphatic hydroxyl groups is 1. The van der Waals surface area contributed by atoms with Crippen molar-refractivity contribution in [2.24, 2.45) is 5.73 Å². The molecule has 0 saturated carbocycles. The first-order chi connectivity index (χ1) is 19.4. The van der Waals surface area contributed by atoms with E-state index in [2.05, 4.69) is 19.9 Å². The summed E-state index contributed by atoms with van der Waals surface area (Å²) in [6.07, 6.45) is 3.74. The van der Waals surface area contributed by atoms with Gasteiger partial charge >= 0.3 is 0 Å². The third-order valence-electron chi connectivity index (χ3n) is 7.04. The number of pyridine rings is 1. The maximum atomic E-state index is 14.7. The van der Waals surface area contributed by atoms with Crippen LogP contribution in [0.5, 0.6) is 11.6 Å². The third-order valence-corrected chi connectivity index (χ3v) is 7.04. The van der Waals surface area contributed by atoms with Crippen LogP contribution < -0.4 is 20.1 Å². The first-order valence-electron chi connectivity index (χ1n) is 12.9. The smallest absolute Gasteiger partial charge is 0.221 e. The molecule has 5 rings (SSSR count). The summed E-state index contributed by atoms with van der Waals surface area (Å²) in [5.41, 5.74) is 9.68. The molecule has 2 atom stereocenters. The monoisotopic (exact) mass is 543 g/mol. The third kappa shape index (κ3) is 5.36. The predicted octanol–water partition coefficient (Wildman–Crippen LogP) is 3.69. The highest BCUT2D eigenvalue weighted by atomic mass is 19.1. The van der Waals surface area contributed by atoms with Crippen molar-refractivity contribution in [1.29, 1.82) is 0 Å². The van der Waals surface area contributed by atoms with Gasteiger partial charge in [-0.25, -0.2) is 19.3 Å². The summed E-state index contributed by atoms with van der Waals surface area (Å²) in [7, 11) is 3.00. The van der Waals surface area contributed by atoms with Gasteiger partial charge in [0.15, 0.2) is 11.6 Å². The number of halogens is 1. The van der Waals surface area contributed by atoms with E-state index in [-0.39, 0.29) is 53.7 Å². The SMILES string of the molecule is COc1cccc(F)c1-c1nccc(C(=O)Cc2ccc(-c3cccnc3OC)cc2N2C[C@@H](N)C[C@H]2CO)n1. The molecule has 3 N–H and O–H groups in total. The number of nitrogens with two attached hydrogens (primary N) is 1. The molecule has 10 heteroatoms. The maximum absolute atomic E-state index is 14.7. The fraction of sp³-hybridized carbons (Fsp3) is 0.267. The Morgan fingerprint density at radius 3 is 2.73 bits per heavy atom. The number of ketones is 1. The average molecular weight is 544 g/mol. The van der Waals surface area contributed by atoms with Crippen LogP contribution in [0, 0.1) is 5.82 Å². The summed E-state index contributed by atoms with van der Waals surface area (Å²) in [4.78, 5) is 28.5. The van der Waals surface area contributed by atoms with Gasteiger partial charge in [0, 0.05) is 42.7 Å². The minimum atomic E-state index is -0.548. The van der Waals surface area contributed by atoms with E-state index >= 15 is 0 Å². The van der Waals surface area contributed by atoms with Crippen LogP contribution in [0.15, 0.2) is 67.0 Å². The zero-order valence-electron chi connectivity index (χ0n) is 22.3. The molecule has 1 aliphatic rings. The van der Waals surface area contributed by atoms with Crippen molar-refractivity contribution >= 4 is 11.5 Å². The number of Topliss-reactive ketones (excluding diaryl/α,β-unsaturated/α-hetero) is 1. The molecule has 2 aromatic carbocycles. The van der Waals surface area contributed by atoms with E-state index in [4.69, 9.17) is 15.2 Å². The lowest BCUT2D eigenvalue weighted by molar-refractivity contribution is 0.0988. The van der Waals surface area contributed by atoms with Crippen LogP contribution in [0.1, 0.15) is 22.5 Å². The van der Waals surface area contributed by atoms with Crippen molar-refractivity contribution in [1.82, 2.24) is 15.0 Å². The number of hydrogen-bond donors (Lipinski definition) is 2. The number of carbonyl (C=O) groups is 1. The highest BCUT2D eigenvalue weighted by Gasteiger charge is 2.31. The van der Waals surface area contributed by atoms with Crippen LogP contribution in [0.3, 0.4) is 0 Å². The van der Waals surface area contributed by atoms with Crippen molar-refractivity contribution in [2.75, 3.05) is 32.3 Å². The van der Waals surface area contributed by atoms with Crippen molar-refractivity contribution in [3.8, 4) is 34.1 Å². The standard InChI is InChI=1S/C30H30FN5O4/c1-39-27-7-3-6-23(31)28(27)29-33-12-10-24(35-29)26(38)14-19-9-8-18(22-5-4-11-34-30(22)40-2)13-25(19)36-16-20(32)15-21(36)17-37/h3-13,20-21,37H,14-17,32H2,1-2H3/t20-,21-/m0/s1. The molecule has 3 heterocycles. The largest absolute Gasteiger partial charge is 0.496 e. The normalized spacial score (nSPS) is 16.7. The Balaban J connectivity index is 1.53. The summed E-state index contributed by atoms with van der Waals surface area (Å²) in [6.45, 7) is 0.464. The van der Waals surface area contributed by atoms with Crippen molar-refractivity contribution in [3.05, 3.63) is 84.1 Å². The van der Waals surface area contributed by atoms with Gasteiger partial charge < -0.3 is 25.2 Å². The molecule has 0 radical (unpaired) electrons. The fourth-order valence-corrected chi connectivity index (χ4v) is 5.13. The van der Waals surface area contributed by atoms with Gasteiger partial charge in [-0.2, -0.15) is 0 Å². The zero-order chi connectivity index (χ0) is 28.2. The Morgan fingerprint density at radius 1 is 1.10 bits per heavy atom. The lowest BCUT2D eigenvalue weighted by atomic mass is 9.98. The molecule has 2 aromatic heterocycles. The van der Waals surface area contributed by atoms with Gasteiger partial charge in [-0.3, -0.25) is 4.79 Å². The van der Waals surface area contributed by atoms with Gasteiger partial charge in [0.05, 0.1) is 32.4 Å². The summed E-state index contributed by atoms with van der Waals surface area (Å²) < 4.78 is 25.4. The number of benzene rings is 2. The molecule has 0 unspecified atom stereocenters. The first-order valence-corrected chi connectivity index (χ1v) is 12.9. The molecule has 40 heavy (non-hydrogen) atoms. The second kappa shape index (κ2) is 11.8. The highest BCUT2D eigenvalue weighted by Crippen LogP contribution is 2.36. The van der Waals surface area contributed by atoms with E-state index in [1.54, 1.807) is 19.4 Å².